The molecule has 188 valence electrons. The number of carbonyl (C=O) groups is 3. The number of nitrogens with zero attached hydrogens (tertiary/aromatic N) is 1. The molecule has 3 aliphatic heterocycles. The van der Waals surface area contributed by atoms with Crippen LogP contribution in [0.1, 0.15) is 29.2 Å². The van der Waals surface area contributed by atoms with Crippen molar-refractivity contribution in [2.45, 2.75) is 37.9 Å². The lowest BCUT2D eigenvalue weighted by Gasteiger charge is -2.30. The van der Waals surface area contributed by atoms with E-state index in [1.54, 1.807) is 6.07 Å². The Kier molecular flexibility index (Phi) is 5.31. The number of nitrogens with one attached hydrogen (secondary N) is 2. The third kappa shape index (κ3) is 3.43. The van der Waals surface area contributed by atoms with E-state index >= 15 is 0 Å². The van der Waals surface area contributed by atoms with Crippen LogP contribution < -0.4 is 10.6 Å². The summed E-state index contributed by atoms with van der Waals surface area (Å²) in [7, 11) is 0. The van der Waals surface area contributed by atoms with Gasteiger partial charge in [0.15, 0.2) is 11.5 Å². The molecule has 0 aromatic heterocycles. The third-order valence-corrected chi connectivity index (χ3v) is 7.96. The van der Waals surface area contributed by atoms with Crippen molar-refractivity contribution in [3.05, 3.63) is 89.0 Å². The van der Waals surface area contributed by atoms with Gasteiger partial charge in [-0.25, -0.2) is 0 Å². The van der Waals surface area contributed by atoms with Crippen LogP contribution in [-0.4, -0.2) is 38.9 Å². The van der Waals surface area contributed by atoms with Crippen molar-refractivity contribution in [2.75, 3.05) is 5.32 Å². The highest BCUT2D eigenvalue weighted by molar-refractivity contribution is 6.15. The van der Waals surface area contributed by atoms with Crippen molar-refractivity contribution in [1.29, 1.82) is 0 Å². The molecule has 2 saturated heterocycles. The van der Waals surface area contributed by atoms with Gasteiger partial charge >= 0.3 is 0 Å². The van der Waals surface area contributed by atoms with E-state index in [0.29, 0.717) is 16.8 Å². The zero-order valence-corrected chi connectivity index (χ0v) is 20.3. The van der Waals surface area contributed by atoms with E-state index in [9.17, 15) is 24.6 Å². The molecule has 0 unspecified atom stereocenters. The van der Waals surface area contributed by atoms with Crippen LogP contribution in [0.2, 0.25) is 0 Å². The van der Waals surface area contributed by atoms with Gasteiger partial charge in [0.2, 0.25) is 17.7 Å². The number of hydrogen-bond donors (Lipinski definition) is 4. The lowest BCUT2D eigenvalue weighted by Crippen LogP contribution is -2.53. The van der Waals surface area contributed by atoms with Crippen molar-refractivity contribution in [2.24, 2.45) is 11.8 Å². The first kappa shape index (κ1) is 23.2. The van der Waals surface area contributed by atoms with Gasteiger partial charge in [-0.15, -0.1) is 0 Å². The maximum atomic E-state index is 14.0. The lowest BCUT2D eigenvalue weighted by molar-refractivity contribution is -0.143. The highest BCUT2D eigenvalue weighted by Crippen LogP contribution is 2.53. The topological polar surface area (TPSA) is 119 Å². The molecule has 8 heteroatoms. The Labute approximate surface area is 213 Å². The number of amides is 3. The number of aryl methyl sites for hydroxylation is 1. The number of anilines is 1. The summed E-state index contributed by atoms with van der Waals surface area (Å²) in [6.07, 6.45) is 1.04. The zero-order chi connectivity index (χ0) is 25.9. The monoisotopic (exact) mass is 497 g/mol. The van der Waals surface area contributed by atoms with E-state index in [2.05, 4.69) is 10.6 Å². The van der Waals surface area contributed by atoms with Crippen molar-refractivity contribution in [3.8, 4) is 11.5 Å². The second-order valence-corrected chi connectivity index (χ2v) is 10.0. The zero-order valence-electron chi connectivity index (χ0n) is 20.3. The molecule has 37 heavy (non-hydrogen) atoms. The first-order chi connectivity index (χ1) is 17.8. The Morgan fingerprint density at radius 3 is 2.35 bits per heavy atom. The van der Waals surface area contributed by atoms with Crippen molar-refractivity contribution >= 4 is 23.4 Å². The summed E-state index contributed by atoms with van der Waals surface area (Å²) >= 11 is 0. The van der Waals surface area contributed by atoms with Gasteiger partial charge in [0.25, 0.3) is 0 Å². The molecular weight excluding hydrogens is 470 g/mol. The second-order valence-electron chi connectivity index (χ2n) is 10.0. The number of benzene rings is 3. The summed E-state index contributed by atoms with van der Waals surface area (Å²) in [6.45, 7) is 2.16. The largest absolute Gasteiger partial charge is 0.504 e. The fourth-order valence-electron chi connectivity index (χ4n) is 6.18. The predicted octanol–water partition coefficient (Wildman–Crippen LogP) is 2.82. The van der Waals surface area contributed by atoms with Gasteiger partial charge in [-0.1, -0.05) is 55.5 Å². The Bertz CT molecular complexity index is 1440. The number of phenolic OH excluding ortho intramolecular Hbond substituents is 2. The van der Waals surface area contributed by atoms with Gasteiger partial charge in [-0.05, 0) is 47.7 Å². The van der Waals surface area contributed by atoms with Gasteiger partial charge < -0.3 is 15.5 Å². The fraction of sp³-hybridized carbons (Fsp3) is 0.276. The van der Waals surface area contributed by atoms with Crippen LogP contribution in [0.25, 0.3) is 0 Å². The molecular formula is C29H27N3O5. The van der Waals surface area contributed by atoms with Gasteiger partial charge in [0.1, 0.15) is 5.54 Å². The quantitative estimate of drug-likeness (QED) is 0.318. The summed E-state index contributed by atoms with van der Waals surface area (Å²) in [5.74, 6) is -3.21. The molecule has 0 radical (unpaired) electrons. The number of fused-ring (bicyclic) bond motifs is 4. The minimum Gasteiger partial charge on any atom is -0.504 e. The van der Waals surface area contributed by atoms with E-state index < -0.39 is 23.4 Å². The van der Waals surface area contributed by atoms with E-state index in [1.165, 1.54) is 17.0 Å². The van der Waals surface area contributed by atoms with Gasteiger partial charge in [-0.2, -0.15) is 0 Å². The van der Waals surface area contributed by atoms with Crippen molar-refractivity contribution in [1.82, 2.24) is 10.2 Å². The minimum atomic E-state index is -1.38. The molecule has 1 spiro atoms. The SMILES string of the molecule is CCc1ccc2c(c1)[C@]1(N[C@H](Cc3ccc(O)c(O)c3)[C@H]3C(=O)N(Cc4ccccc4)C(=O)[C@H]31)C(=O)N2. The summed E-state index contributed by atoms with van der Waals surface area (Å²) in [6, 6.07) is 19.0. The second kappa shape index (κ2) is 8.45. The third-order valence-electron chi connectivity index (χ3n) is 7.96. The van der Waals surface area contributed by atoms with Crippen LogP contribution in [0.4, 0.5) is 5.69 Å². The summed E-state index contributed by atoms with van der Waals surface area (Å²) in [4.78, 5) is 42.8. The lowest BCUT2D eigenvalue weighted by atomic mass is 9.76. The average Bonchev–Trinajstić information content (AvgIpc) is 3.47. The molecule has 3 heterocycles. The average molecular weight is 498 g/mol. The van der Waals surface area contributed by atoms with Crippen molar-refractivity contribution in [3.63, 3.8) is 0 Å². The van der Waals surface area contributed by atoms with Crippen LogP contribution in [0.3, 0.4) is 0 Å². The number of aromatic hydroxyl groups is 2. The number of phenols is 2. The molecule has 3 aromatic carbocycles. The molecule has 3 amide bonds. The predicted molar refractivity (Wildman–Crippen MR) is 136 cm³/mol. The number of carbonyl (C=O) groups excluding carboxylic acids is 3. The van der Waals surface area contributed by atoms with Gasteiger partial charge in [0, 0.05) is 17.3 Å². The summed E-state index contributed by atoms with van der Waals surface area (Å²) in [5, 5.41) is 26.1. The summed E-state index contributed by atoms with van der Waals surface area (Å²) in [5.41, 5.74) is 2.47. The normalized spacial score (nSPS) is 26.0. The van der Waals surface area contributed by atoms with Gasteiger partial charge in [0.05, 0.1) is 18.4 Å². The molecule has 2 fully saturated rings. The first-order valence-electron chi connectivity index (χ1n) is 12.5. The van der Waals surface area contributed by atoms with Gasteiger partial charge in [-0.3, -0.25) is 24.6 Å². The highest BCUT2D eigenvalue weighted by Gasteiger charge is 2.70. The van der Waals surface area contributed by atoms with Crippen LogP contribution in [0.5, 0.6) is 11.5 Å². The maximum Gasteiger partial charge on any atom is 0.250 e. The van der Waals surface area contributed by atoms with Crippen LogP contribution >= 0.6 is 0 Å². The molecule has 0 bridgehead atoms. The van der Waals surface area contributed by atoms with Crippen LogP contribution in [0.15, 0.2) is 66.7 Å². The Morgan fingerprint density at radius 2 is 1.62 bits per heavy atom. The molecule has 3 aliphatic rings. The molecule has 0 saturated carbocycles. The maximum absolute atomic E-state index is 14.0. The Morgan fingerprint density at radius 1 is 0.865 bits per heavy atom. The fourth-order valence-corrected chi connectivity index (χ4v) is 6.18. The molecule has 4 N–H and O–H groups in total. The van der Waals surface area contributed by atoms with E-state index in [4.69, 9.17) is 0 Å². The standard InChI is InChI=1S/C29H27N3O5/c1-2-16-8-10-20-19(12-16)29(28(37)30-20)25-24(21(31-29)13-18-9-11-22(33)23(34)14-18)26(35)32(27(25)36)15-17-6-4-3-5-7-17/h3-12,14,21,24-25,31,33-34H,2,13,15H2,1H3,(H,30,37)/t21-,24-,25+,29-/m1/s1. The molecule has 3 aromatic rings. The van der Waals surface area contributed by atoms with Crippen LogP contribution in [-0.2, 0) is 39.3 Å². The number of rotatable bonds is 5. The Balaban J connectivity index is 1.46. The number of imide groups is 1. The minimum absolute atomic E-state index is 0.137. The van der Waals surface area contributed by atoms with E-state index in [-0.39, 0.29) is 42.2 Å². The van der Waals surface area contributed by atoms with Crippen molar-refractivity contribution < 1.29 is 24.6 Å². The van der Waals surface area contributed by atoms with E-state index in [1.807, 2.05) is 55.5 Å². The smallest absolute Gasteiger partial charge is 0.250 e. The highest BCUT2D eigenvalue weighted by atomic mass is 16.3. The summed E-state index contributed by atoms with van der Waals surface area (Å²) < 4.78 is 0. The molecule has 8 nitrogen and oxygen atoms in total. The molecule has 0 aliphatic carbocycles. The van der Waals surface area contributed by atoms with Crippen LogP contribution in [0, 0.1) is 11.8 Å². The number of hydrogen-bond acceptors (Lipinski definition) is 6. The molecule has 6 rings (SSSR count). The van der Waals surface area contributed by atoms with E-state index in [0.717, 1.165) is 17.5 Å². The Hall–Kier alpha value is -4.17. The molecule has 4 atom stereocenters. The first-order valence-corrected chi connectivity index (χ1v) is 12.5. The number of likely N-dealkylation sites (tertiary alicyclic amines) is 1.